The summed E-state index contributed by atoms with van der Waals surface area (Å²) in [5, 5.41) is 18.1. The van der Waals surface area contributed by atoms with Gasteiger partial charge in [0.05, 0.1) is 84.9 Å². The molecule has 698 valence electrons. The fourth-order valence-corrected chi connectivity index (χ4v) is 21.0. The number of aromatic amines is 1. The zero-order valence-corrected chi connectivity index (χ0v) is 83.9. The van der Waals surface area contributed by atoms with Crippen LogP contribution in [0.25, 0.3) is 43.4 Å². The number of pyridine rings is 3. The van der Waals surface area contributed by atoms with Crippen LogP contribution < -0.4 is 22.1 Å². The van der Waals surface area contributed by atoms with E-state index in [1.807, 2.05) is 122 Å². The van der Waals surface area contributed by atoms with Crippen molar-refractivity contribution in [3.8, 4) is 0 Å². The molecule has 7 aliphatic carbocycles. The highest BCUT2D eigenvalue weighted by Crippen LogP contribution is 2.48. The predicted octanol–water partition coefficient (Wildman–Crippen LogP) is 24.8. The number of ether oxygens (including phenoxy) is 1. The SMILES string of the molecule is CC1(C)OB(B2OC(C)(C)C(C)(C)O2)OC1(C)C.CC1(C)OB(c2ccc3c(c2)CCCC3n2ccc3cc(C4CC4)cc(F)c3c2=O)OC1(C)C.ClC1CCCc2cc(Br)ccc21.Clc1ncnc2c1cnn2C1CCCCO1.O=c1[nH]ccc2cc(C3CC3)cc(F)c12.O=c1c2c(F)cc(C3CC3)cc2ccn1C1CCCc2cc(Br)ccc21.OC1CCCc2cc(Br)ccc21. The lowest BCUT2D eigenvalue weighted by molar-refractivity contribution is -0.0370. The van der Waals surface area contributed by atoms with Gasteiger partial charge in [0.15, 0.2) is 11.9 Å². The highest BCUT2D eigenvalue weighted by molar-refractivity contribution is 9.11. The number of aliphatic hydroxyl groups excluding tert-OH is 1. The summed E-state index contributed by atoms with van der Waals surface area (Å²) in [7, 11) is -1.36. The summed E-state index contributed by atoms with van der Waals surface area (Å²) in [5.41, 5.74) is 11.7. The number of aromatic nitrogens is 7. The number of H-pyrrole nitrogens is 1. The summed E-state index contributed by atoms with van der Waals surface area (Å²) in [6.07, 6.45) is 30.5. The molecule has 23 rings (SSSR count). The summed E-state index contributed by atoms with van der Waals surface area (Å²) in [6.45, 7) is 25.2. The fraction of sp³-hybridized carbons (Fsp3) is 0.462. The average Bonchev–Trinajstić information content (AvgIpc) is 1.64. The topological polar surface area (TPSA) is 205 Å². The van der Waals surface area contributed by atoms with Crippen molar-refractivity contribution >= 4 is 141 Å². The van der Waals surface area contributed by atoms with Crippen LogP contribution in [0.15, 0.2) is 186 Å². The molecule has 11 aliphatic rings. The second-order valence-electron chi connectivity index (χ2n) is 40.3. The van der Waals surface area contributed by atoms with Crippen LogP contribution in [0.3, 0.4) is 0 Å². The van der Waals surface area contributed by atoms with Crippen LogP contribution in [0.2, 0.25) is 5.15 Å². The molecule has 7 aromatic carbocycles. The zero-order valence-electron chi connectivity index (χ0n) is 77.7. The molecule has 4 saturated heterocycles. The molecule has 4 aliphatic heterocycles. The van der Waals surface area contributed by atoms with Crippen molar-refractivity contribution in [3.05, 3.63) is 287 Å². The van der Waals surface area contributed by atoms with E-state index in [0.29, 0.717) is 33.7 Å². The Bertz CT molecular complexity index is 6410. The third-order valence-electron chi connectivity index (χ3n) is 29.3. The molecule has 0 amide bonds. The second kappa shape index (κ2) is 39.4. The van der Waals surface area contributed by atoms with Gasteiger partial charge in [0.1, 0.15) is 28.9 Å². The van der Waals surface area contributed by atoms with Crippen molar-refractivity contribution in [1.82, 2.24) is 33.9 Å². The fourth-order valence-electron chi connectivity index (χ4n) is 19.2. The molecule has 9 heterocycles. The number of fused-ring (bicyclic) bond motifs is 8. The van der Waals surface area contributed by atoms with Crippen LogP contribution in [0.1, 0.15) is 301 Å². The number of rotatable bonds is 8. The summed E-state index contributed by atoms with van der Waals surface area (Å²) in [4.78, 5) is 48.6. The number of halogens is 8. The van der Waals surface area contributed by atoms with Crippen molar-refractivity contribution in [2.24, 2.45) is 0 Å². The Kier molecular flexibility index (Phi) is 28.7. The number of hydrogen-bond acceptors (Lipinski definition) is 14. The van der Waals surface area contributed by atoms with Gasteiger partial charge in [0, 0.05) is 38.6 Å². The van der Waals surface area contributed by atoms with Crippen molar-refractivity contribution in [2.75, 3.05) is 6.61 Å². The third kappa shape index (κ3) is 21.1. The highest BCUT2D eigenvalue weighted by Gasteiger charge is 2.64. The average molecular weight is 2040 g/mol. The molecule has 0 radical (unpaired) electrons. The lowest BCUT2D eigenvalue weighted by Gasteiger charge is -2.32. The maximum absolute atomic E-state index is 15.0. The van der Waals surface area contributed by atoms with Gasteiger partial charge in [-0.25, -0.2) is 27.8 Å². The van der Waals surface area contributed by atoms with Gasteiger partial charge >= 0.3 is 21.1 Å². The second-order valence-corrected chi connectivity index (χ2v) is 43.9. The lowest BCUT2D eigenvalue weighted by Crippen LogP contribution is -2.41. The number of nitrogens with one attached hydrogen (secondary N) is 1. The quantitative estimate of drug-likeness (QED) is 0.0825. The molecule has 0 bridgehead atoms. The molecular formula is C104H116B3Br3Cl2F3N7O11. The summed E-state index contributed by atoms with van der Waals surface area (Å²) in [5.74, 6) is 0.241. The van der Waals surface area contributed by atoms with Gasteiger partial charge in [-0.3, -0.25) is 14.4 Å². The van der Waals surface area contributed by atoms with Crippen LogP contribution >= 0.6 is 71.0 Å². The van der Waals surface area contributed by atoms with E-state index in [1.54, 1.807) is 44.4 Å². The van der Waals surface area contributed by atoms with Crippen LogP contribution in [0.4, 0.5) is 13.2 Å². The minimum Gasteiger partial charge on any atom is -0.405 e. The van der Waals surface area contributed by atoms with Crippen LogP contribution in [0.5, 0.6) is 0 Å². The van der Waals surface area contributed by atoms with Gasteiger partial charge < -0.3 is 51.9 Å². The third-order valence-corrected chi connectivity index (χ3v) is 31.5. The molecule has 3 saturated carbocycles. The Balaban J connectivity index is 0.000000112. The van der Waals surface area contributed by atoms with E-state index >= 15 is 4.39 Å². The largest absolute Gasteiger partial charge is 0.494 e. The van der Waals surface area contributed by atoms with Gasteiger partial charge in [0.25, 0.3) is 16.7 Å². The molecule has 133 heavy (non-hydrogen) atoms. The zero-order chi connectivity index (χ0) is 94.1. The van der Waals surface area contributed by atoms with Gasteiger partial charge in [0.2, 0.25) is 0 Å². The van der Waals surface area contributed by atoms with Crippen molar-refractivity contribution < 1.29 is 50.9 Å². The van der Waals surface area contributed by atoms with Crippen molar-refractivity contribution in [1.29, 1.82) is 0 Å². The van der Waals surface area contributed by atoms with Crippen LogP contribution in [0, 0.1) is 17.5 Å². The number of benzene rings is 7. The monoisotopic (exact) mass is 2040 g/mol. The maximum atomic E-state index is 15.0. The van der Waals surface area contributed by atoms with Crippen LogP contribution in [-0.2, 0) is 58.3 Å². The number of alkyl halides is 1. The van der Waals surface area contributed by atoms with Gasteiger partial charge in [-0.05, 0) is 391 Å². The van der Waals surface area contributed by atoms with E-state index in [1.165, 1.54) is 58.6 Å². The number of aryl methyl sites for hydroxylation is 4. The Morgan fingerprint density at radius 3 is 1.36 bits per heavy atom. The van der Waals surface area contributed by atoms with Gasteiger partial charge in [-0.15, -0.1) is 11.6 Å². The van der Waals surface area contributed by atoms with E-state index in [-0.39, 0.29) is 90.9 Å². The van der Waals surface area contributed by atoms with Crippen LogP contribution in [-0.4, -0.2) is 100 Å². The van der Waals surface area contributed by atoms with E-state index < -0.39 is 44.0 Å². The molecule has 12 aromatic rings. The molecule has 18 nitrogen and oxygen atoms in total. The number of nitrogens with zero attached hydrogens (tertiary/aromatic N) is 6. The van der Waals surface area contributed by atoms with E-state index in [9.17, 15) is 28.3 Å². The summed E-state index contributed by atoms with van der Waals surface area (Å²) in [6, 6.07) is 41.0. The highest BCUT2D eigenvalue weighted by atomic mass is 79.9. The van der Waals surface area contributed by atoms with E-state index in [2.05, 4.69) is 144 Å². The molecule has 5 unspecified atom stereocenters. The molecule has 29 heteroatoms. The summed E-state index contributed by atoms with van der Waals surface area (Å²) < 4.78 is 94.1. The van der Waals surface area contributed by atoms with Gasteiger partial charge in [-0.1, -0.05) is 114 Å². The molecule has 5 atom stereocenters. The molecule has 2 N–H and O–H groups in total. The Hall–Kier alpha value is -7.60. The predicted molar refractivity (Wildman–Crippen MR) is 534 cm³/mol. The Morgan fingerprint density at radius 2 is 0.880 bits per heavy atom. The smallest absolute Gasteiger partial charge is 0.405 e. The first-order valence-corrected chi connectivity index (χ1v) is 50.3. The lowest BCUT2D eigenvalue weighted by atomic mass is 9.49. The number of hydrogen-bond donors (Lipinski definition) is 2. The van der Waals surface area contributed by atoms with Crippen molar-refractivity contribution in [2.45, 2.75) is 299 Å². The Labute approximate surface area is 812 Å². The normalized spacial score (nSPS) is 22.4. The standard InChI is InChI=1S/C28H31BFNO3.C22H19BrFNO.C12H24B2O4.C12H10FNO.C10H10BrCl.C10H11BrO.C10H11ClN4O/c1-27(2)28(3,4)34-29(33-27)21-10-11-22-18(15-21)6-5-7-24(22)31-13-12-19-14-20(17-8-9-17)16-23(30)25(19)26(31)32;23-17-6-7-18-14(11-17)2-1-3-20(18)25-9-8-15-10-16(13-4-5-13)12-19(24)21(15)22(25)26;1-9(2)10(3,4)16-13(15-9)14-17-11(5,6)12(7,8)18-14;13-10-6-9(7-1-2-7)5-8-3-4-14-12(15)11(8)10;2*11-8-4-5-9-7(6-8)2-1-3-10(9)12;11-9-7-5-14-15(10(7)13-6-12-9)8-3-1-2-4-16-8/h10-17,24H,5-9H2,1-4H3;6-13,20H,1-5H2;1-8H3;3-7H,1-2H2,(H,14,15);4-6,10H,1-3H2;4-6,10,12H,1-3H2;5-6,8H,1-4H2. The molecule has 0 spiro atoms. The minimum atomic E-state index is -0.476. The number of aliphatic hydroxyl groups is 1. The molecular weight excluding hydrogens is 1920 g/mol. The first-order chi connectivity index (χ1) is 63.3. The molecule has 7 fully saturated rings. The van der Waals surface area contributed by atoms with Gasteiger partial charge in [-0.2, -0.15) is 5.10 Å². The summed E-state index contributed by atoms with van der Waals surface area (Å²) >= 11 is 22.6. The van der Waals surface area contributed by atoms with E-state index in [0.717, 1.165) is 192 Å². The molecule has 5 aromatic heterocycles. The minimum absolute atomic E-state index is 0.0165. The maximum Gasteiger partial charge on any atom is 0.494 e. The van der Waals surface area contributed by atoms with Crippen molar-refractivity contribution in [3.63, 3.8) is 0 Å². The van der Waals surface area contributed by atoms with E-state index in [4.69, 9.17) is 55.9 Å². The first-order valence-electron chi connectivity index (χ1n) is 47.1. The Morgan fingerprint density at radius 1 is 0.459 bits per heavy atom. The first kappa shape index (κ1) is 97.1.